The van der Waals surface area contributed by atoms with Gasteiger partial charge in [-0.2, -0.15) is 11.8 Å². The number of nitrogens with one attached hydrogen (secondary N) is 1. The van der Waals surface area contributed by atoms with Crippen molar-refractivity contribution in [2.75, 3.05) is 19.0 Å². The molecule has 10 nitrogen and oxygen atoms in total. The van der Waals surface area contributed by atoms with Gasteiger partial charge in [0, 0.05) is 46.6 Å². The predicted molar refractivity (Wildman–Crippen MR) is 189 cm³/mol. The van der Waals surface area contributed by atoms with Crippen molar-refractivity contribution in [2.24, 2.45) is 0 Å². The maximum absolute atomic E-state index is 13.6. The van der Waals surface area contributed by atoms with E-state index in [1.54, 1.807) is 6.92 Å². The van der Waals surface area contributed by atoms with Crippen molar-refractivity contribution in [3.63, 3.8) is 0 Å². The first-order chi connectivity index (χ1) is 21.7. The molecule has 1 aliphatic heterocycles. The Kier molecular flexibility index (Phi) is 24.9. The number of aromatic nitrogens is 2. The van der Waals surface area contributed by atoms with E-state index >= 15 is 0 Å². The number of hydrogen-bond donors (Lipinski definition) is 1. The molecule has 1 N–H and O–H groups in total. The van der Waals surface area contributed by atoms with Gasteiger partial charge in [0.2, 0.25) is 0 Å². The van der Waals surface area contributed by atoms with Crippen molar-refractivity contribution in [3.8, 4) is 0 Å². The van der Waals surface area contributed by atoms with Gasteiger partial charge in [-0.25, -0.2) is 14.2 Å². The third-order valence-electron chi connectivity index (χ3n) is 8.14. The number of aromatic amines is 1. The van der Waals surface area contributed by atoms with Gasteiger partial charge in [-0.3, -0.25) is 23.4 Å². The predicted octanol–water partition coefficient (Wildman–Crippen LogP) is 8.63. The van der Waals surface area contributed by atoms with Crippen LogP contribution in [0.4, 0.5) is 0 Å². The largest absolute Gasteiger partial charge is 0.502 e. The van der Waals surface area contributed by atoms with Crippen molar-refractivity contribution in [3.05, 3.63) is 32.6 Å². The number of aryl methyl sites for hydroxylation is 1. The zero-order chi connectivity index (χ0) is 32.9. The van der Waals surface area contributed by atoms with Crippen molar-refractivity contribution < 1.29 is 27.9 Å². The Balaban J connectivity index is 0.0000106. The maximum Gasteiger partial charge on any atom is 0.502 e. The molecule has 46 heavy (non-hydrogen) atoms. The van der Waals surface area contributed by atoms with E-state index in [4.69, 9.17) is 23.3 Å². The fraction of sp³-hybridized carbons (Fsp3) is 0.879. The molecule has 1 fully saturated rings. The standard InChI is InChI=1S/C33H61N2O8PS.Na/c1-6-9-11-13-14-15-17-19-24-45-30(20-18-16-12-10-7-2)28(5)42-43-44(38,39-23-8-3)40-26-29-21-22-31(41-29)35-25-27(4)32(36)34-33(35)37;/h25,28-31H,6-24,26H2,1-5H3,(H,34,36,37);/t28?,29-,30?,31+,44?;/m0./s1. The second-order valence-electron chi connectivity index (χ2n) is 12.3. The average Bonchev–Trinajstić information content (AvgIpc) is 3.50. The molecule has 1 aromatic heterocycles. The van der Waals surface area contributed by atoms with Gasteiger partial charge >= 0.3 is 13.5 Å². The molecule has 3 unspecified atom stereocenters. The molecule has 1 aliphatic rings. The zero-order valence-corrected chi connectivity index (χ0v) is 33.3. The molecule has 2 heterocycles. The molecule has 13 heteroatoms. The fourth-order valence-electron chi connectivity index (χ4n) is 5.33. The number of hydrogen-bond acceptors (Lipinski definition) is 9. The minimum Gasteiger partial charge on any atom is -0.352 e. The number of thioether (sulfide) groups is 1. The number of unbranched alkanes of at least 4 members (excludes halogenated alkanes) is 11. The summed E-state index contributed by atoms with van der Waals surface area (Å²) in [6.07, 6.45) is 19.4. The summed E-state index contributed by atoms with van der Waals surface area (Å²) in [7, 11) is -4.02. The van der Waals surface area contributed by atoms with E-state index in [0.717, 1.165) is 18.6 Å². The summed E-state index contributed by atoms with van der Waals surface area (Å²) in [5, 5.41) is 0.216. The Hall–Kier alpha value is 0.0600. The first-order valence-corrected chi connectivity index (χ1v) is 20.1. The molecule has 1 aromatic rings. The van der Waals surface area contributed by atoms with Crippen molar-refractivity contribution in [1.82, 2.24) is 9.55 Å². The van der Waals surface area contributed by atoms with Gasteiger partial charge in [0.05, 0.1) is 19.3 Å². The number of rotatable bonds is 27. The van der Waals surface area contributed by atoms with Gasteiger partial charge < -0.3 is 4.74 Å². The van der Waals surface area contributed by atoms with E-state index in [9.17, 15) is 14.2 Å². The van der Waals surface area contributed by atoms with E-state index in [0.29, 0.717) is 24.8 Å². The molecule has 1 saturated heterocycles. The van der Waals surface area contributed by atoms with Crippen LogP contribution in [0.2, 0.25) is 0 Å². The molecule has 2 rings (SSSR count). The summed E-state index contributed by atoms with van der Waals surface area (Å²) in [5.41, 5.74) is -0.523. The third kappa shape index (κ3) is 17.6. The van der Waals surface area contributed by atoms with Crippen LogP contribution in [-0.4, -0.2) is 75.5 Å². The van der Waals surface area contributed by atoms with Crippen LogP contribution in [0.15, 0.2) is 15.8 Å². The van der Waals surface area contributed by atoms with Gasteiger partial charge in [-0.15, -0.1) is 4.67 Å². The molecular formula is C33H61N2NaO8PS. The summed E-state index contributed by atoms with van der Waals surface area (Å²) in [6, 6.07) is 0. The number of H-pyrrole nitrogens is 1. The molecule has 5 atom stereocenters. The molecule has 0 spiro atoms. The van der Waals surface area contributed by atoms with E-state index in [2.05, 4.69) is 18.8 Å². The Labute approximate surface area is 304 Å². The van der Waals surface area contributed by atoms with Gasteiger partial charge in [0.15, 0.2) is 0 Å². The first-order valence-electron chi connectivity index (χ1n) is 17.6. The number of nitrogens with zero attached hydrogens (tertiary/aromatic N) is 1. The molecule has 0 aliphatic carbocycles. The van der Waals surface area contributed by atoms with Crippen molar-refractivity contribution >= 4 is 49.1 Å². The van der Waals surface area contributed by atoms with Gasteiger partial charge in [0.1, 0.15) is 12.3 Å². The van der Waals surface area contributed by atoms with Gasteiger partial charge in [-0.05, 0) is 51.7 Å². The molecular weight excluding hydrogens is 638 g/mol. The van der Waals surface area contributed by atoms with Crippen LogP contribution in [0.25, 0.3) is 0 Å². The zero-order valence-electron chi connectivity index (χ0n) is 29.6. The third-order valence-corrected chi connectivity index (χ3v) is 10.9. The quantitative estimate of drug-likeness (QED) is 0.0317. The maximum atomic E-state index is 13.6. The summed E-state index contributed by atoms with van der Waals surface area (Å²) in [6.45, 7) is 10.2. The Bertz CT molecular complexity index is 1090. The number of ether oxygens (including phenoxy) is 1. The Morgan fingerprint density at radius 3 is 2.22 bits per heavy atom. The number of phosphoric ester groups is 1. The molecule has 0 bridgehead atoms. The second-order valence-corrected chi connectivity index (χ2v) is 15.2. The SMILES string of the molecule is CCCCCCCCCCSC(CCCCCCC)C(C)OOP(=O)(OCCC)OC[C@@H]1CC[C@H](n2cc(C)c(=O)[nH]c2=O)O1.[Na]. The smallest absolute Gasteiger partial charge is 0.352 e. The average molecular weight is 700 g/mol. The summed E-state index contributed by atoms with van der Waals surface area (Å²) >= 11 is 1.92. The van der Waals surface area contributed by atoms with Crippen LogP contribution in [0.5, 0.6) is 0 Å². The topological polar surface area (TPSA) is 118 Å². The summed E-state index contributed by atoms with van der Waals surface area (Å²) < 4.78 is 37.6. The van der Waals surface area contributed by atoms with E-state index < -0.39 is 31.4 Å². The van der Waals surface area contributed by atoms with Crippen LogP contribution < -0.4 is 11.2 Å². The minimum atomic E-state index is -4.02. The van der Waals surface area contributed by atoms with Crippen molar-refractivity contribution in [1.29, 1.82) is 0 Å². The van der Waals surface area contributed by atoms with Crippen LogP contribution in [0, 0.1) is 6.92 Å². The number of phosphoric acid groups is 1. The van der Waals surface area contributed by atoms with Gasteiger partial charge in [-0.1, -0.05) is 97.8 Å². The fourth-order valence-corrected chi connectivity index (χ4v) is 7.81. The Morgan fingerprint density at radius 1 is 0.935 bits per heavy atom. The summed E-state index contributed by atoms with van der Waals surface area (Å²) in [4.78, 5) is 32.1. The molecule has 1 radical (unpaired) electrons. The molecule has 0 saturated carbocycles. The Morgan fingerprint density at radius 2 is 1.57 bits per heavy atom. The van der Waals surface area contributed by atoms with Gasteiger partial charge in [0.25, 0.3) is 5.56 Å². The normalized spacial score (nSPS) is 19.1. The molecule has 263 valence electrons. The second kappa shape index (κ2) is 25.9. The molecule has 0 aromatic carbocycles. The van der Waals surface area contributed by atoms with E-state index in [1.807, 2.05) is 25.6 Å². The van der Waals surface area contributed by atoms with Crippen LogP contribution in [0.3, 0.4) is 0 Å². The minimum absolute atomic E-state index is 0. The summed E-state index contributed by atoms with van der Waals surface area (Å²) in [5.74, 6) is 1.07. The van der Waals surface area contributed by atoms with E-state index in [1.165, 1.54) is 87.8 Å². The molecule has 0 amide bonds. The first kappa shape index (κ1) is 44.1. The van der Waals surface area contributed by atoms with Crippen LogP contribution in [-0.2, 0) is 27.9 Å². The van der Waals surface area contributed by atoms with E-state index in [-0.39, 0.29) is 54.1 Å². The van der Waals surface area contributed by atoms with Crippen LogP contribution >= 0.6 is 19.6 Å². The monoisotopic (exact) mass is 699 g/mol. The van der Waals surface area contributed by atoms with Crippen molar-refractivity contribution in [2.45, 2.75) is 167 Å². The van der Waals surface area contributed by atoms with Crippen LogP contribution in [0.1, 0.15) is 149 Å².